The summed E-state index contributed by atoms with van der Waals surface area (Å²) in [4.78, 5) is 12.4. The number of ether oxygens (including phenoxy) is 1. The predicted molar refractivity (Wildman–Crippen MR) is 143 cm³/mol. The average Bonchev–Trinajstić information content (AvgIpc) is 3.62. The van der Waals surface area contributed by atoms with Crippen LogP contribution in [0.5, 0.6) is 5.75 Å². The zero-order valence-corrected chi connectivity index (χ0v) is 21.2. The van der Waals surface area contributed by atoms with Gasteiger partial charge in [0.25, 0.3) is 5.91 Å². The summed E-state index contributed by atoms with van der Waals surface area (Å²) >= 11 is 1.61. The zero-order valence-electron chi connectivity index (χ0n) is 20.3. The topological polar surface area (TPSA) is 82.2 Å². The molecule has 0 saturated carbocycles. The van der Waals surface area contributed by atoms with Crippen molar-refractivity contribution in [2.75, 3.05) is 7.11 Å². The molecule has 3 aromatic carbocycles. The fraction of sp³-hybridized carbons (Fsp3) is 0.138. The van der Waals surface area contributed by atoms with Crippen LogP contribution in [0.2, 0.25) is 0 Å². The number of furan rings is 1. The lowest BCUT2D eigenvalue weighted by atomic mass is 10.1. The molecule has 0 saturated heterocycles. The van der Waals surface area contributed by atoms with E-state index in [4.69, 9.17) is 9.15 Å². The van der Waals surface area contributed by atoms with Gasteiger partial charge < -0.3 is 14.5 Å². The van der Waals surface area contributed by atoms with E-state index in [2.05, 4.69) is 32.2 Å². The summed E-state index contributed by atoms with van der Waals surface area (Å²) in [5.41, 5.74) is 3.80. The van der Waals surface area contributed by atoms with E-state index in [-0.39, 0.29) is 5.91 Å². The van der Waals surface area contributed by atoms with E-state index in [1.165, 1.54) is 5.56 Å². The van der Waals surface area contributed by atoms with E-state index in [1.807, 2.05) is 72.8 Å². The van der Waals surface area contributed by atoms with Gasteiger partial charge in [0.2, 0.25) is 0 Å². The monoisotopic (exact) mass is 510 g/mol. The summed E-state index contributed by atoms with van der Waals surface area (Å²) in [6.45, 7) is 1.01. The molecule has 0 fully saturated rings. The Labute approximate surface area is 219 Å². The molecule has 1 N–H and O–H groups in total. The fourth-order valence-electron chi connectivity index (χ4n) is 3.86. The maximum atomic E-state index is 12.4. The van der Waals surface area contributed by atoms with Gasteiger partial charge in [0.15, 0.2) is 11.0 Å². The van der Waals surface area contributed by atoms with Crippen LogP contribution in [0.3, 0.4) is 0 Å². The minimum absolute atomic E-state index is 0.138. The van der Waals surface area contributed by atoms with Crippen molar-refractivity contribution in [3.63, 3.8) is 0 Å². The molecule has 37 heavy (non-hydrogen) atoms. The first kappa shape index (κ1) is 24.4. The number of carbonyl (C=O) groups is 1. The van der Waals surface area contributed by atoms with Crippen LogP contribution in [-0.4, -0.2) is 27.8 Å². The quantitative estimate of drug-likeness (QED) is 0.239. The highest BCUT2D eigenvalue weighted by Gasteiger charge is 2.16. The van der Waals surface area contributed by atoms with Gasteiger partial charge in [-0.3, -0.25) is 9.36 Å². The second-order valence-electron chi connectivity index (χ2n) is 8.36. The fourth-order valence-corrected chi connectivity index (χ4v) is 4.76. The lowest BCUT2D eigenvalue weighted by Gasteiger charge is -2.11. The molecule has 186 valence electrons. The first-order valence-electron chi connectivity index (χ1n) is 11.8. The molecule has 5 rings (SSSR count). The van der Waals surface area contributed by atoms with E-state index in [0.29, 0.717) is 30.2 Å². The molecule has 2 aromatic heterocycles. The standard InChI is InChI=1S/C29H26N4O3S/c1-35-25-10-5-9-24(17-25)27-31-32-29(33(27)19-21-7-3-2-4-8-21)37-20-22-12-14-23(15-13-22)28(34)30-18-26-11-6-16-36-26/h2-17H,18-20H2,1H3,(H,30,34). The Morgan fingerprint density at radius 2 is 1.78 bits per heavy atom. The van der Waals surface area contributed by atoms with Crippen molar-refractivity contribution in [1.82, 2.24) is 20.1 Å². The third-order valence-electron chi connectivity index (χ3n) is 5.82. The number of nitrogens with zero attached hydrogens (tertiary/aromatic N) is 3. The number of nitrogens with one attached hydrogen (secondary N) is 1. The van der Waals surface area contributed by atoms with Crippen LogP contribution in [0.1, 0.15) is 27.2 Å². The maximum Gasteiger partial charge on any atom is 0.251 e. The molecule has 2 heterocycles. The highest BCUT2D eigenvalue weighted by Crippen LogP contribution is 2.29. The third kappa shape index (κ3) is 6.10. The molecule has 5 aromatic rings. The summed E-state index contributed by atoms with van der Waals surface area (Å²) < 4.78 is 12.8. The molecule has 0 atom stereocenters. The lowest BCUT2D eigenvalue weighted by molar-refractivity contribution is 0.0948. The Balaban J connectivity index is 1.31. The Kier molecular flexibility index (Phi) is 7.66. The van der Waals surface area contributed by atoms with E-state index in [9.17, 15) is 4.79 Å². The molecule has 0 bridgehead atoms. The van der Waals surface area contributed by atoms with Crippen molar-refractivity contribution in [1.29, 1.82) is 0 Å². The summed E-state index contributed by atoms with van der Waals surface area (Å²) in [6, 6.07) is 29.4. The van der Waals surface area contributed by atoms with Crippen molar-refractivity contribution in [2.24, 2.45) is 0 Å². The smallest absolute Gasteiger partial charge is 0.251 e. The summed E-state index contributed by atoms with van der Waals surface area (Å²) in [5, 5.41) is 12.7. The van der Waals surface area contributed by atoms with Crippen LogP contribution in [0.4, 0.5) is 0 Å². The van der Waals surface area contributed by atoms with Crippen molar-refractivity contribution >= 4 is 17.7 Å². The molecule has 0 unspecified atom stereocenters. The maximum absolute atomic E-state index is 12.4. The van der Waals surface area contributed by atoms with Crippen LogP contribution in [-0.2, 0) is 18.8 Å². The van der Waals surface area contributed by atoms with Gasteiger partial charge in [0.1, 0.15) is 11.5 Å². The molecule has 8 heteroatoms. The summed E-state index contributed by atoms with van der Waals surface area (Å²) in [5.74, 6) is 2.83. The molecule has 1 amide bonds. The van der Waals surface area contributed by atoms with Crippen molar-refractivity contribution in [3.05, 3.63) is 120 Å². The van der Waals surface area contributed by atoms with Crippen molar-refractivity contribution < 1.29 is 13.9 Å². The lowest BCUT2D eigenvalue weighted by Crippen LogP contribution is -2.22. The van der Waals surface area contributed by atoms with Crippen LogP contribution in [0, 0.1) is 0 Å². The summed E-state index contributed by atoms with van der Waals surface area (Å²) in [6.07, 6.45) is 1.59. The van der Waals surface area contributed by atoms with Crippen LogP contribution in [0.25, 0.3) is 11.4 Å². The molecule has 0 radical (unpaired) electrons. The van der Waals surface area contributed by atoms with Crippen molar-refractivity contribution in [2.45, 2.75) is 24.0 Å². The Hall–Kier alpha value is -4.30. The average molecular weight is 511 g/mol. The SMILES string of the molecule is COc1cccc(-c2nnc(SCc3ccc(C(=O)NCc4ccco4)cc3)n2Cc2ccccc2)c1. The van der Waals surface area contributed by atoms with E-state index in [1.54, 1.807) is 31.2 Å². The number of hydrogen-bond donors (Lipinski definition) is 1. The van der Waals surface area contributed by atoms with Gasteiger partial charge in [-0.05, 0) is 47.5 Å². The number of rotatable bonds is 10. The van der Waals surface area contributed by atoms with Gasteiger partial charge >= 0.3 is 0 Å². The summed E-state index contributed by atoms with van der Waals surface area (Å²) in [7, 11) is 1.66. The number of methoxy groups -OCH3 is 1. The normalized spacial score (nSPS) is 10.8. The minimum atomic E-state index is -0.138. The Morgan fingerprint density at radius 1 is 0.946 bits per heavy atom. The van der Waals surface area contributed by atoms with Gasteiger partial charge in [-0.1, -0.05) is 66.4 Å². The first-order valence-corrected chi connectivity index (χ1v) is 12.8. The number of thioether (sulfide) groups is 1. The van der Waals surface area contributed by atoms with Crippen LogP contribution >= 0.6 is 11.8 Å². The van der Waals surface area contributed by atoms with Crippen LogP contribution in [0.15, 0.2) is 107 Å². The Bertz CT molecular complexity index is 1450. The highest BCUT2D eigenvalue weighted by atomic mass is 32.2. The first-order chi connectivity index (χ1) is 18.2. The predicted octanol–water partition coefficient (Wildman–Crippen LogP) is 5.82. The molecule has 0 spiro atoms. The molecular weight excluding hydrogens is 484 g/mol. The molecule has 0 aliphatic rings. The van der Waals surface area contributed by atoms with Gasteiger partial charge in [-0.15, -0.1) is 10.2 Å². The van der Waals surface area contributed by atoms with E-state index < -0.39 is 0 Å². The second kappa shape index (κ2) is 11.6. The third-order valence-corrected chi connectivity index (χ3v) is 6.85. The molecule has 0 aliphatic heterocycles. The highest BCUT2D eigenvalue weighted by molar-refractivity contribution is 7.98. The zero-order chi connectivity index (χ0) is 25.5. The number of benzene rings is 3. The number of aromatic nitrogens is 3. The number of hydrogen-bond acceptors (Lipinski definition) is 6. The molecule has 7 nitrogen and oxygen atoms in total. The van der Waals surface area contributed by atoms with E-state index in [0.717, 1.165) is 27.9 Å². The molecule has 0 aliphatic carbocycles. The number of carbonyl (C=O) groups excluding carboxylic acids is 1. The van der Waals surface area contributed by atoms with Gasteiger partial charge in [-0.25, -0.2) is 0 Å². The van der Waals surface area contributed by atoms with Crippen LogP contribution < -0.4 is 10.1 Å². The largest absolute Gasteiger partial charge is 0.497 e. The van der Waals surface area contributed by atoms with Crippen molar-refractivity contribution in [3.8, 4) is 17.1 Å². The molecular formula is C29H26N4O3S. The minimum Gasteiger partial charge on any atom is -0.497 e. The Morgan fingerprint density at radius 3 is 2.54 bits per heavy atom. The van der Waals surface area contributed by atoms with Gasteiger partial charge in [0, 0.05) is 16.9 Å². The second-order valence-corrected chi connectivity index (χ2v) is 9.30. The van der Waals surface area contributed by atoms with Gasteiger partial charge in [0.05, 0.1) is 26.5 Å². The van der Waals surface area contributed by atoms with Gasteiger partial charge in [-0.2, -0.15) is 0 Å². The van der Waals surface area contributed by atoms with E-state index >= 15 is 0 Å². The number of amides is 1.